The maximum absolute atomic E-state index is 10.9. The monoisotopic (exact) mass is 241 g/mol. The molecule has 0 radical (unpaired) electrons. The number of hydrogen-bond acceptors (Lipinski definition) is 2. The molecule has 0 aromatic heterocycles. The van der Waals surface area contributed by atoms with E-state index in [-0.39, 0.29) is 5.91 Å². The summed E-state index contributed by atoms with van der Waals surface area (Å²) in [4.78, 5) is 10.9. The first-order valence-corrected chi connectivity index (χ1v) is 5.84. The summed E-state index contributed by atoms with van der Waals surface area (Å²) in [5, 5.41) is 4.90. The molecule has 0 saturated heterocycles. The normalized spacial score (nSPS) is 9.89. The van der Waals surface area contributed by atoms with E-state index < -0.39 is 0 Å². The van der Waals surface area contributed by atoms with Gasteiger partial charge in [-0.2, -0.15) is 0 Å². The number of carbonyl (C=O) groups is 1. The molecule has 0 saturated carbocycles. The van der Waals surface area contributed by atoms with Gasteiger partial charge in [-0.15, -0.1) is 0 Å². The van der Waals surface area contributed by atoms with Gasteiger partial charge in [0.05, 0.1) is 7.11 Å². The van der Waals surface area contributed by atoms with Crippen molar-refractivity contribution >= 4 is 16.7 Å². The van der Waals surface area contributed by atoms with Gasteiger partial charge in [0.2, 0.25) is 5.91 Å². The number of fused-ring (bicyclic) bond motifs is 1. The zero-order valence-corrected chi connectivity index (χ0v) is 10.5. The fraction of sp³-hybridized carbons (Fsp3) is 0.267. The maximum atomic E-state index is 10.9. The van der Waals surface area contributed by atoms with Crippen LogP contribution in [0.15, 0.2) is 24.3 Å². The van der Waals surface area contributed by atoms with E-state index in [9.17, 15) is 4.79 Å². The molecule has 0 aliphatic rings. The summed E-state index contributed by atoms with van der Waals surface area (Å²) in [6, 6.07) is 13.8. The second-order valence-electron chi connectivity index (χ2n) is 4.08. The minimum Gasteiger partial charge on any atom is -0.497 e. The molecular weight excluding hydrogens is 226 g/mol. The lowest BCUT2D eigenvalue weighted by Crippen LogP contribution is -2.22. The van der Waals surface area contributed by atoms with Crippen LogP contribution in [0.4, 0.5) is 0 Å². The summed E-state index contributed by atoms with van der Waals surface area (Å²) in [5.74, 6) is 0.811. The number of rotatable bonds is 4. The first-order chi connectivity index (χ1) is 8.70. The lowest BCUT2D eigenvalue weighted by molar-refractivity contribution is -0.118. The van der Waals surface area contributed by atoms with Crippen molar-refractivity contribution in [1.82, 2.24) is 5.32 Å². The molecule has 0 aliphatic heterocycles. The minimum atomic E-state index is -0.0108. The molecule has 18 heavy (non-hydrogen) atoms. The van der Waals surface area contributed by atoms with Crippen molar-refractivity contribution in [2.75, 3.05) is 13.7 Å². The van der Waals surface area contributed by atoms with Gasteiger partial charge in [-0.25, -0.2) is 0 Å². The molecule has 0 spiro atoms. The fourth-order valence-corrected chi connectivity index (χ4v) is 1.88. The summed E-state index contributed by atoms with van der Waals surface area (Å²) < 4.78 is 5.23. The zero-order valence-electron chi connectivity index (χ0n) is 10.5. The Balaban J connectivity index is 2.28. The van der Waals surface area contributed by atoms with Gasteiger partial charge >= 0.3 is 0 Å². The van der Waals surface area contributed by atoms with Crippen molar-refractivity contribution in [1.29, 1.82) is 0 Å². The average molecular weight is 241 g/mol. The SMILES string of the molecule is COc1ccc2c#ccc(CCNC(C)=O)c2c1. The number of nitrogens with one attached hydrogen (secondary N) is 1. The van der Waals surface area contributed by atoms with Crippen molar-refractivity contribution in [2.45, 2.75) is 13.3 Å². The van der Waals surface area contributed by atoms with Crippen LogP contribution >= 0.6 is 0 Å². The quantitative estimate of drug-likeness (QED) is 0.890. The molecule has 0 heterocycles. The predicted molar refractivity (Wildman–Crippen MR) is 70.6 cm³/mol. The maximum Gasteiger partial charge on any atom is 0.216 e. The average Bonchev–Trinajstić information content (AvgIpc) is 2.38. The fourth-order valence-electron chi connectivity index (χ4n) is 1.88. The van der Waals surface area contributed by atoms with Gasteiger partial charge in [0.25, 0.3) is 0 Å². The highest BCUT2D eigenvalue weighted by Crippen LogP contribution is 2.22. The number of amides is 1. The van der Waals surface area contributed by atoms with E-state index in [1.165, 1.54) is 6.92 Å². The molecular formula is C15H15NO2. The lowest BCUT2D eigenvalue weighted by Gasteiger charge is -2.06. The molecule has 2 aromatic carbocycles. The van der Waals surface area contributed by atoms with Crippen molar-refractivity contribution in [3.8, 4) is 5.75 Å². The molecule has 0 aliphatic carbocycles. The third-order valence-corrected chi connectivity index (χ3v) is 2.79. The van der Waals surface area contributed by atoms with Crippen LogP contribution < -0.4 is 10.1 Å². The Hall–Kier alpha value is -2.21. The van der Waals surface area contributed by atoms with Gasteiger partial charge in [0.1, 0.15) is 5.75 Å². The van der Waals surface area contributed by atoms with E-state index in [1.807, 2.05) is 24.3 Å². The molecule has 3 heteroatoms. The van der Waals surface area contributed by atoms with Gasteiger partial charge in [-0.3, -0.25) is 4.79 Å². The highest BCUT2D eigenvalue weighted by atomic mass is 16.5. The molecule has 1 amide bonds. The molecule has 0 bridgehead atoms. The lowest BCUT2D eigenvalue weighted by atomic mass is 10.0. The van der Waals surface area contributed by atoms with Crippen molar-refractivity contribution in [3.63, 3.8) is 0 Å². The van der Waals surface area contributed by atoms with Gasteiger partial charge in [0.15, 0.2) is 0 Å². The number of ether oxygens (including phenoxy) is 1. The highest BCUT2D eigenvalue weighted by Gasteiger charge is 2.02. The second-order valence-corrected chi connectivity index (χ2v) is 4.08. The van der Waals surface area contributed by atoms with Crippen LogP contribution in [-0.2, 0) is 11.2 Å². The number of benzene rings is 1. The first kappa shape index (κ1) is 12.3. The summed E-state index contributed by atoms with van der Waals surface area (Å²) in [7, 11) is 1.65. The summed E-state index contributed by atoms with van der Waals surface area (Å²) >= 11 is 0. The van der Waals surface area contributed by atoms with Crippen LogP contribution in [0, 0.1) is 12.1 Å². The van der Waals surface area contributed by atoms with E-state index in [2.05, 4.69) is 17.4 Å². The molecule has 3 nitrogen and oxygen atoms in total. The minimum absolute atomic E-state index is 0.0108. The molecule has 2 aromatic rings. The van der Waals surface area contributed by atoms with Gasteiger partial charge in [-0.1, -0.05) is 12.1 Å². The van der Waals surface area contributed by atoms with Gasteiger partial charge < -0.3 is 10.1 Å². The van der Waals surface area contributed by atoms with E-state index >= 15 is 0 Å². The number of carbonyl (C=O) groups excluding carboxylic acids is 1. The van der Waals surface area contributed by atoms with Crippen LogP contribution in [0.3, 0.4) is 0 Å². The zero-order chi connectivity index (χ0) is 13.0. The van der Waals surface area contributed by atoms with Crippen LogP contribution in [0.5, 0.6) is 5.75 Å². The molecule has 2 rings (SSSR count). The molecule has 0 unspecified atom stereocenters. The molecule has 92 valence electrons. The smallest absolute Gasteiger partial charge is 0.216 e. The molecule has 0 fully saturated rings. The first-order valence-electron chi connectivity index (χ1n) is 5.84. The summed E-state index contributed by atoms with van der Waals surface area (Å²) in [5.41, 5.74) is 1.14. The van der Waals surface area contributed by atoms with Crippen molar-refractivity contribution in [3.05, 3.63) is 42.0 Å². The van der Waals surface area contributed by atoms with Gasteiger partial charge in [-0.05, 0) is 41.6 Å². The largest absolute Gasteiger partial charge is 0.497 e. The van der Waals surface area contributed by atoms with Crippen LogP contribution in [0.1, 0.15) is 12.5 Å². The predicted octanol–water partition coefficient (Wildman–Crippen LogP) is 2.13. The highest BCUT2D eigenvalue weighted by molar-refractivity contribution is 5.85. The standard InChI is InChI=1S/C15H15NO2/c1-11(17)16-9-8-13-5-3-4-12-6-7-14(18-2)10-15(12)13/h5-7,10H,8-9H2,1-2H3,(H,16,17). The van der Waals surface area contributed by atoms with Crippen molar-refractivity contribution in [2.24, 2.45) is 0 Å². The third-order valence-electron chi connectivity index (χ3n) is 2.79. The Kier molecular flexibility index (Phi) is 3.69. The van der Waals surface area contributed by atoms with E-state index in [4.69, 9.17) is 4.74 Å². The molecule has 1 N–H and O–H groups in total. The summed E-state index contributed by atoms with van der Waals surface area (Å²) in [6.07, 6.45) is 0.772. The van der Waals surface area contributed by atoms with E-state index in [0.717, 1.165) is 28.5 Å². The van der Waals surface area contributed by atoms with E-state index in [1.54, 1.807) is 7.11 Å². The van der Waals surface area contributed by atoms with Crippen LogP contribution in [-0.4, -0.2) is 19.6 Å². The Bertz CT molecular complexity index is 563. The Morgan fingerprint density at radius 1 is 1.44 bits per heavy atom. The van der Waals surface area contributed by atoms with E-state index in [0.29, 0.717) is 6.54 Å². The second kappa shape index (κ2) is 5.42. The number of hydrogen-bond donors (Lipinski definition) is 1. The summed E-state index contributed by atoms with van der Waals surface area (Å²) in [6.45, 7) is 2.14. The Labute approximate surface area is 107 Å². The third kappa shape index (κ3) is 2.72. The molecule has 0 atom stereocenters. The van der Waals surface area contributed by atoms with Crippen LogP contribution in [0.25, 0.3) is 10.8 Å². The Morgan fingerprint density at radius 3 is 3.00 bits per heavy atom. The van der Waals surface area contributed by atoms with Crippen LogP contribution in [0.2, 0.25) is 0 Å². The topological polar surface area (TPSA) is 38.3 Å². The Morgan fingerprint density at radius 2 is 2.28 bits per heavy atom. The van der Waals surface area contributed by atoms with Crippen molar-refractivity contribution < 1.29 is 9.53 Å². The van der Waals surface area contributed by atoms with Gasteiger partial charge in [0, 0.05) is 18.9 Å². The number of methoxy groups -OCH3 is 1.